The molecule has 0 radical (unpaired) electrons. The van der Waals surface area contributed by atoms with Crippen molar-refractivity contribution in [1.29, 1.82) is 0 Å². The van der Waals surface area contributed by atoms with Crippen LogP contribution in [0.2, 0.25) is 0 Å². The predicted molar refractivity (Wildman–Crippen MR) is 71.7 cm³/mol. The van der Waals surface area contributed by atoms with Crippen LogP contribution in [0.15, 0.2) is 48.5 Å². The second-order valence-electron chi connectivity index (χ2n) is 4.26. The van der Waals surface area contributed by atoms with Crippen LogP contribution in [0.1, 0.15) is 10.5 Å². The summed E-state index contributed by atoms with van der Waals surface area (Å²) < 4.78 is 18.5. The Bertz CT molecular complexity index is 777. The Balaban J connectivity index is 2.02. The first kappa shape index (κ1) is 12.2. The van der Waals surface area contributed by atoms with Crippen LogP contribution < -0.4 is 4.74 Å². The van der Waals surface area contributed by atoms with E-state index in [9.17, 15) is 9.18 Å². The Morgan fingerprint density at radius 3 is 2.60 bits per heavy atom. The van der Waals surface area contributed by atoms with Gasteiger partial charge in [-0.25, -0.2) is 9.18 Å². The molecule has 4 nitrogen and oxygen atoms in total. The molecule has 0 aliphatic carbocycles. The lowest BCUT2D eigenvalue weighted by atomic mass is 10.2. The summed E-state index contributed by atoms with van der Waals surface area (Å²) in [5, 5.41) is 9.64. The standard InChI is InChI=1S/C15H10FNO3/c16-9-4-6-10(7-5-9)20-14-3-1-2-12-11(14)8-13(17-12)15(18)19/h1-8,17H,(H,18,19). The van der Waals surface area contributed by atoms with E-state index in [0.29, 0.717) is 22.4 Å². The summed E-state index contributed by atoms with van der Waals surface area (Å²) in [6, 6.07) is 12.4. The molecular formula is C15H10FNO3. The van der Waals surface area contributed by atoms with Crippen LogP contribution in [0.5, 0.6) is 11.5 Å². The molecule has 3 rings (SSSR count). The first-order valence-electron chi connectivity index (χ1n) is 5.92. The zero-order valence-electron chi connectivity index (χ0n) is 10.3. The number of halogens is 1. The third kappa shape index (κ3) is 2.21. The lowest BCUT2D eigenvalue weighted by molar-refractivity contribution is 0.0691. The lowest BCUT2D eigenvalue weighted by Gasteiger charge is -2.06. The summed E-state index contributed by atoms with van der Waals surface area (Å²) in [7, 11) is 0. The first-order chi connectivity index (χ1) is 9.63. The number of hydrogen-bond donors (Lipinski definition) is 2. The smallest absolute Gasteiger partial charge is 0.352 e. The van der Waals surface area contributed by atoms with E-state index in [4.69, 9.17) is 9.84 Å². The highest BCUT2D eigenvalue weighted by Gasteiger charge is 2.11. The number of aromatic nitrogens is 1. The fraction of sp³-hybridized carbons (Fsp3) is 0. The quantitative estimate of drug-likeness (QED) is 0.761. The lowest BCUT2D eigenvalue weighted by Crippen LogP contribution is -1.94. The normalized spacial score (nSPS) is 10.7. The molecule has 0 amide bonds. The fourth-order valence-electron chi connectivity index (χ4n) is 1.96. The highest BCUT2D eigenvalue weighted by Crippen LogP contribution is 2.30. The van der Waals surface area contributed by atoms with Gasteiger partial charge in [0.25, 0.3) is 0 Å². The van der Waals surface area contributed by atoms with Crippen LogP contribution in [-0.2, 0) is 0 Å². The SMILES string of the molecule is O=C(O)c1cc2c(Oc3ccc(F)cc3)cccc2[nH]1. The third-order valence-electron chi connectivity index (χ3n) is 2.90. The average molecular weight is 271 g/mol. The number of fused-ring (bicyclic) bond motifs is 1. The Morgan fingerprint density at radius 1 is 1.15 bits per heavy atom. The van der Waals surface area contributed by atoms with Gasteiger partial charge in [0.2, 0.25) is 0 Å². The zero-order chi connectivity index (χ0) is 14.1. The van der Waals surface area contributed by atoms with Gasteiger partial charge in [-0.2, -0.15) is 0 Å². The van der Waals surface area contributed by atoms with Gasteiger partial charge < -0.3 is 14.8 Å². The Labute approximate surface area is 113 Å². The van der Waals surface area contributed by atoms with Crippen molar-refractivity contribution >= 4 is 16.9 Å². The molecule has 0 aliphatic rings. The molecule has 20 heavy (non-hydrogen) atoms. The number of ether oxygens (including phenoxy) is 1. The summed E-state index contributed by atoms with van der Waals surface area (Å²) in [5.74, 6) is -0.380. The number of carboxylic acid groups (broad SMARTS) is 1. The number of nitrogens with one attached hydrogen (secondary N) is 1. The number of rotatable bonds is 3. The number of carbonyl (C=O) groups is 1. The molecule has 2 aromatic carbocycles. The molecule has 0 unspecified atom stereocenters. The fourth-order valence-corrected chi connectivity index (χ4v) is 1.96. The molecule has 1 aromatic heterocycles. The maximum Gasteiger partial charge on any atom is 0.352 e. The van der Waals surface area contributed by atoms with Crippen LogP contribution >= 0.6 is 0 Å². The third-order valence-corrected chi connectivity index (χ3v) is 2.90. The molecule has 2 N–H and O–H groups in total. The largest absolute Gasteiger partial charge is 0.477 e. The van der Waals surface area contributed by atoms with Gasteiger partial charge in [0.15, 0.2) is 0 Å². The van der Waals surface area contributed by atoms with Crippen LogP contribution in [0.4, 0.5) is 4.39 Å². The number of carboxylic acids is 1. The minimum absolute atomic E-state index is 0.0927. The van der Waals surface area contributed by atoms with E-state index in [2.05, 4.69) is 4.98 Å². The second kappa shape index (κ2) is 4.70. The summed E-state index contributed by atoms with van der Waals surface area (Å²) in [4.78, 5) is 13.8. The first-order valence-corrected chi connectivity index (χ1v) is 5.92. The van der Waals surface area contributed by atoms with Crippen molar-refractivity contribution in [3.63, 3.8) is 0 Å². The van der Waals surface area contributed by atoms with Crippen LogP contribution in [0.25, 0.3) is 10.9 Å². The monoisotopic (exact) mass is 271 g/mol. The number of benzene rings is 2. The van der Waals surface area contributed by atoms with Crippen molar-refractivity contribution in [3.05, 3.63) is 60.0 Å². The maximum absolute atomic E-state index is 12.8. The molecule has 0 spiro atoms. The van der Waals surface area contributed by atoms with Gasteiger partial charge in [-0.3, -0.25) is 0 Å². The van der Waals surface area contributed by atoms with Crippen molar-refractivity contribution in [2.24, 2.45) is 0 Å². The summed E-state index contributed by atoms with van der Waals surface area (Å²) in [6.07, 6.45) is 0. The van der Waals surface area contributed by atoms with E-state index in [1.54, 1.807) is 18.2 Å². The molecule has 5 heteroatoms. The van der Waals surface area contributed by atoms with E-state index in [0.717, 1.165) is 0 Å². The van der Waals surface area contributed by atoms with Gasteiger partial charge >= 0.3 is 5.97 Å². The predicted octanol–water partition coefficient (Wildman–Crippen LogP) is 3.80. The van der Waals surface area contributed by atoms with E-state index < -0.39 is 5.97 Å². The number of H-pyrrole nitrogens is 1. The minimum Gasteiger partial charge on any atom is -0.477 e. The van der Waals surface area contributed by atoms with Gasteiger partial charge in [-0.1, -0.05) is 6.07 Å². The molecule has 0 atom stereocenters. The van der Waals surface area contributed by atoms with Crippen molar-refractivity contribution in [2.45, 2.75) is 0 Å². The van der Waals surface area contributed by atoms with Gasteiger partial charge in [0.1, 0.15) is 23.0 Å². The van der Waals surface area contributed by atoms with Crippen molar-refractivity contribution in [2.75, 3.05) is 0 Å². The maximum atomic E-state index is 12.8. The van der Waals surface area contributed by atoms with Crippen LogP contribution in [0.3, 0.4) is 0 Å². The topological polar surface area (TPSA) is 62.3 Å². The number of hydrogen-bond acceptors (Lipinski definition) is 2. The van der Waals surface area contributed by atoms with Crippen molar-refractivity contribution in [1.82, 2.24) is 4.98 Å². The second-order valence-corrected chi connectivity index (χ2v) is 4.26. The van der Waals surface area contributed by atoms with Crippen molar-refractivity contribution in [3.8, 4) is 11.5 Å². The Kier molecular flexibility index (Phi) is 2.87. The van der Waals surface area contributed by atoms with Gasteiger partial charge in [0, 0.05) is 10.9 Å². The summed E-state index contributed by atoms with van der Waals surface area (Å²) in [6.45, 7) is 0. The summed E-state index contributed by atoms with van der Waals surface area (Å²) >= 11 is 0. The van der Waals surface area contributed by atoms with E-state index in [1.807, 2.05) is 0 Å². The molecule has 100 valence electrons. The molecular weight excluding hydrogens is 261 g/mol. The minimum atomic E-state index is -1.03. The number of aromatic amines is 1. The molecule has 0 fully saturated rings. The summed E-state index contributed by atoms with van der Waals surface area (Å²) in [5.41, 5.74) is 0.761. The molecule has 0 aliphatic heterocycles. The molecule has 0 saturated heterocycles. The Morgan fingerprint density at radius 2 is 1.90 bits per heavy atom. The Hall–Kier alpha value is -2.82. The number of aromatic carboxylic acids is 1. The van der Waals surface area contributed by atoms with E-state index in [-0.39, 0.29) is 11.5 Å². The van der Waals surface area contributed by atoms with Gasteiger partial charge in [-0.05, 0) is 42.5 Å². The zero-order valence-corrected chi connectivity index (χ0v) is 10.3. The average Bonchev–Trinajstić information content (AvgIpc) is 2.87. The van der Waals surface area contributed by atoms with Crippen LogP contribution in [0, 0.1) is 5.82 Å². The van der Waals surface area contributed by atoms with E-state index >= 15 is 0 Å². The highest BCUT2D eigenvalue weighted by molar-refractivity contribution is 5.96. The molecule has 3 aromatic rings. The molecule has 0 bridgehead atoms. The molecule has 0 saturated carbocycles. The van der Waals surface area contributed by atoms with Gasteiger partial charge in [0.05, 0.1) is 0 Å². The van der Waals surface area contributed by atoms with Gasteiger partial charge in [-0.15, -0.1) is 0 Å². The molecule has 1 heterocycles. The van der Waals surface area contributed by atoms with Crippen LogP contribution in [-0.4, -0.2) is 16.1 Å². The highest BCUT2D eigenvalue weighted by atomic mass is 19.1. The van der Waals surface area contributed by atoms with E-state index in [1.165, 1.54) is 30.3 Å². The van der Waals surface area contributed by atoms with Crippen molar-refractivity contribution < 1.29 is 19.0 Å².